The molecule has 138 valence electrons. The highest BCUT2D eigenvalue weighted by molar-refractivity contribution is 7.07. The normalized spacial score (nSPS) is 12.0. The summed E-state index contributed by atoms with van der Waals surface area (Å²) >= 11 is 1.53. The van der Waals surface area contributed by atoms with Gasteiger partial charge in [-0.2, -0.15) is 0 Å². The van der Waals surface area contributed by atoms with Crippen LogP contribution in [-0.2, 0) is 13.0 Å². The van der Waals surface area contributed by atoms with Crippen LogP contribution in [0.2, 0.25) is 0 Å². The molecule has 6 nitrogen and oxygen atoms in total. The summed E-state index contributed by atoms with van der Waals surface area (Å²) in [5, 5.41) is 4.87. The molecule has 1 amide bonds. The molecule has 2 heterocycles. The molecule has 1 aliphatic heterocycles. The van der Waals surface area contributed by atoms with Crippen molar-refractivity contribution in [3.63, 3.8) is 0 Å². The first-order valence-electron chi connectivity index (χ1n) is 8.54. The SMILES string of the molecule is O=C(NCCc1ccc2c(c1)OCO2)c1cccc(OCc2cscn2)c1. The number of aromatic nitrogens is 1. The Bertz CT molecular complexity index is 927. The van der Waals surface area contributed by atoms with Gasteiger partial charge < -0.3 is 19.5 Å². The Morgan fingerprint density at radius 3 is 3.00 bits per heavy atom. The average Bonchev–Trinajstić information content (AvgIpc) is 3.38. The second-order valence-corrected chi connectivity index (χ2v) is 6.71. The van der Waals surface area contributed by atoms with Crippen molar-refractivity contribution in [3.8, 4) is 17.2 Å². The summed E-state index contributed by atoms with van der Waals surface area (Å²) in [6.45, 7) is 1.18. The number of thiazole rings is 1. The molecule has 1 aromatic heterocycles. The van der Waals surface area contributed by atoms with E-state index in [-0.39, 0.29) is 12.7 Å². The molecule has 1 aliphatic rings. The van der Waals surface area contributed by atoms with Crippen LogP contribution in [0, 0.1) is 0 Å². The molecular weight excluding hydrogens is 364 g/mol. The Morgan fingerprint density at radius 2 is 2.11 bits per heavy atom. The van der Waals surface area contributed by atoms with Crippen molar-refractivity contribution in [1.29, 1.82) is 0 Å². The lowest BCUT2D eigenvalue weighted by Crippen LogP contribution is -2.25. The Labute approximate surface area is 160 Å². The molecule has 0 atom stereocenters. The zero-order valence-corrected chi connectivity index (χ0v) is 15.3. The number of hydrogen-bond acceptors (Lipinski definition) is 6. The summed E-state index contributed by atoms with van der Waals surface area (Å²) < 4.78 is 16.4. The number of nitrogens with one attached hydrogen (secondary N) is 1. The molecule has 7 heteroatoms. The van der Waals surface area contributed by atoms with E-state index in [2.05, 4.69) is 10.3 Å². The zero-order chi connectivity index (χ0) is 18.5. The predicted molar refractivity (Wildman–Crippen MR) is 101 cm³/mol. The van der Waals surface area contributed by atoms with Gasteiger partial charge in [-0.25, -0.2) is 4.98 Å². The van der Waals surface area contributed by atoms with Gasteiger partial charge in [0.05, 0.1) is 11.2 Å². The first kappa shape index (κ1) is 17.4. The lowest BCUT2D eigenvalue weighted by Gasteiger charge is -2.08. The molecular formula is C20H18N2O4S. The lowest BCUT2D eigenvalue weighted by atomic mass is 10.1. The zero-order valence-electron chi connectivity index (χ0n) is 14.5. The molecule has 0 aliphatic carbocycles. The van der Waals surface area contributed by atoms with Gasteiger partial charge >= 0.3 is 0 Å². The molecule has 0 radical (unpaired) electrons. The summed E-state index contributed by atoms with van der Waals surface area (Å²) in [6.07, 6.45) is 0.711. The molecule has 0 spiro atoms. The largest absolute Gasteiger partial charge is 0.487 e. The van der Waals surface area contributed by atoms with Crippen molar-refractivity contribution in [2.45, 2.75) is 13.0 Å². The summed E-state index contributed by atoms with van der Waals surface area (Å²) in [5.74, 6) is 2.03. The number of hydrogen-bond donors (Lipinski definition) is 1. The van der Waals surface area contributed by atoms with Crippen LogP contribution in [0.3, 0.4) is 0 Å². The van der Waals surface area contributed by atoms with Crippen molar-refractivity contribution < 1.29 is 19.0 Å². The molecule has 3 aromatic rings. The van der Waals surface area contributed by atoms with Crippen molar-refractivity contribution in [2.75, 3.05) is 13.3 Å². The number of benzene rings is 2. The number of amides is 1. The van der Waals surface area contributed by atoms with Crippen LogP contribution in [0.25, 0.3) is 0 Å². The molecule has 0 fully saturated rings. The number of carbonyl (C=O) groups excluding carboxylic acids is 1. The van der Waals surface area contributed by atoms with Crippen molar-refractivity contribution in [2.24, 2.45) is 0 Å². The van der Waals surface area contributed by atoms with Crippen molar-refractivity contribution in [3.05, 3.63) is 70.2 Å². The molecule has 27 heavy (non-hydrogen) atoms. The van der Waals surface area contributed by atoms with E-state index < -0.39 is 0 Å². The topological polar surface area (TPSA) is 69.7 Å². The Kier molecular flexibility index (Phi) is 5.20. The summed E-state index contributed by atoms with van der Waals surface area (Å²) in [7, 11) is 0. The van der Waals surface area contributed by atoms with Crippen LogP contribution >= 0.6 is 11.3 Å². The highest BCUT2D eigenvalue weighted by Gasteiger charge is 2.13. The van der Waals surface area contributed by atoms with Crippen molar-refractivity contribution >= 4 is 17.2 Å². The number of carbonyl (C=O) groups is 1. The van der Waals surface area contributed by atoms with Gasteiger partial charge in [0, 0.05) is 17.5 Å². The minimum absolute atomic E-state index is 0.130. The number of ether oxygens (including phenoxy) is 3. The lowest BCUT2D eigenvalue weighted by molar-refractivity contribution is 0.0953. The fourth-order valence-corrected chi connectivity index (χ4v) is 3.26. The van der Waals surface area contributed by atoms with Crippen molar-refractivity contribution in [1.82, 2.24) is 10.3 Å². The maximum Gasteiger partial charge on any atom is 0.251 e. The van der Waals surface area contributed by atoms with Crippen LogP contribution in [0.5, 0.6) is 17.2 Å². The minimum atomic E-state index is -0.130. The third-order valence-corrected chi connectivity index (χ3v) is 4.74. The first-order chi connectivity index (χ1) is 13.3. The second kappa shape index (κ2) is 8.09. The number of rotatable bonds is 7. The van der Waals surface area contributed by atoms with Gasteiger partial charge in [-0.05, 0) is 42.3 Å². The van der Waals surface area contributed by atoms with Crippen LogP contribution < -0.4 is 19.5 Å². The molecule has 4 rings (SSSR count). The van der Waals surface area contributed by atoms with E-state index in [1.165, 1.54) is 11.3 Å². The highest BCUT2D eigenvalue weighted by Crippen LogP contribution is 2.32. The first-order valence-corrected chi connectivity index (χ1v) is 9.49. The van der Waals surface area contributed by atoms with Gasteiger partial charge in [-0.15, -0.1) is 11.3 Å². The molecule has 0 saturated carbocycles. The van der Waals surface area contributed by atoms with E-state index in [1.807, 2.05) is 35.7 Å². The Hall–Kier alpha value is -3.06. The molecule has 0 saturated heterocycles. The monoisotopic (exact) mass is 382 g/mol. The fraction of sp³-hybridized carbons (Fsp3) is 0.200. The fourth-order valence-electron chi connectivity index (χ4n) is 2.71. The number of nitrogens with zero attached hydrogens (tertiary/aromatic N) is 1. The summed E-state index contributed by atoms with van der Waals surface area (Å²) in [6, 6.07) is 13.0. The van der Waals surface area contributed by atoms with Gasteiger partial charge in [0.1, 0.15) is 12.4 Å². The van der Waals surface area contributed by atoms with E-state index in [9.17, 15) is 4.79 Å². The highest BCUT2D eigenvalue weighted by atomic mass is 32.1. The summed E-state index contributed by atoms with van der Waals surface area (Å²) in [5.41, 5.74) is 4.29. The minimum Gasteiger partial charge on any atom is -0.487 e. The van der Waals surface area contributed by atoms with E-state index in [4.69, 9.17) is 14.2 Å². The van der Waals surface area contributed by atoms with Gasteiger partial charge in [0.25, 0.3) is 5.91 Å². The maximum absolute atomic E-state index is 12.4. The molecule has 0 bridgehead atoms. The predicted octanol–water partition coefficient (Wildman–Crippen LogP) is 3.42. The third kappa shape index (κ3) is 4.38. The second-order valence-electron chi connectivity index (χ2n) is 5.99. The van der Waals surface area contributed by atoms with E-state index in [1.54, 1.807) is 17.6 Å². The third-order valence-electron chi connectivity index (χ3n) is 4.10. The van der Waals surface area contributed by atoms with E-state index in [0.717, 1.165) is 22.8 Å². The van der Waals surface area contributed by atoms with Gasteiger partial charge in [-0.1, -0.05) is 12.1 Å². The Morgan fingerprint density at radius 1 is 1.19 bits per heavy atom. The smallest absolute Gasteiger partial charge is 0.251 e. The van der Waals surface area contributed by atoms with Crippen LogP contribution in [-0.4, -0.2) is 24.2 Å². The standard InChI is InChI=1S/C20H18N2O4S/c23-20(21-7-6-14-4-5-18-19(8-14)26-13-25-18)15-2-1-3-17(9-15)24-10-16-11-27-12-22-16/h1-5,8-9,11-12H,6-7,10,13H2,(H,21,23). The maximum atomic E-state index is 12.4. The van der Waals surface area contributed by atoms with Crippen LogP contribution in [0.15, 0.2) is 53.4 Å². The Balaban J connectivity index is 1.29. The van der Waals surface area contributed by atoms with Crippen LogP contribution in [0.4, 0.5) is 0 Å². The van der Waals surface area contributed by atoms with Gasteiger partial charge in [-0.3, -0.25) is 4.79 Å². The van der Waals surface area contributed by atoms with E-state index >= 15 is 0 Å². The average molecular weight is 382 g/mol. The van der Waals surface area contributed by atoms with E-state index in [0.29, 0.717) is 30.9 Å². The summed E-state index contributed by atoms with van der Waals surface area (Å²) in [4.78, 5) is 16.6. The quantitative estimate of drug-likeness (QED) is 0.678. The molecule has 2 aromatic carbocycles. The molecule has 1 N–H and O–H groups in total. The van der Waals surface area contributed by atoms with Gasteiger partial charge in [0.2, 0.25) is 6.79 Å². The van der Waals surface area contributed by atoms with Crippen LogP contribution in [0.1, 0.15) is 21.6 Å². The van der Waals surface area contributed by atoms with Gasteiger partial charge in [0.15, 0.2) is 11.5 Å². The molecule has 0 unspecified atom stereocenters. The number of fused-ring (bicyclic) bond motifs is 1.